The van der Waals surface area contributed by atoms with Crippen LogP contribution in [0.15, 0.2) is 29.3 Å². The molecule has 1 aliphatic rings. The molecule has 7 nitrogen and oxygen atoms in total. The normalized spacial score (nSPS) is 17.9. The number of morpholine rings is 1. The highest BCUT2D eigenvalue weighted by atomic mass is 16.5. The van der Waals surface area contributed by atoms with E-state index in [1.807, 2.05) is 31.2 Å². The van der Waals surface area contributed by atoms with Crippen molar-refractivity contribution in [2.45, 2.75) is 32.9 Å². The van der Waals surface area contributed by atoms with Gasteiger partial charge in [-0.05, 0) is 25.0 Å². The first-order chi connectivity index (χ1) is 13.5. The predicted molar refractivity (Wildman–Crippen MR) is 113 cm³/mol. The Labute approximate surface area is 169 Å². The van der Waals surface area contributed by atoms with Crippen LogP contribution in [0.4, 0.5) is 0 Å². The number of para-hydroxylation sites is 2. The highest BCUT2D eigenvalue weighted by Crippen LogP contribution is 2.26. The van der Waals surface area contributed by atoms with Gasteiger partial charge < -0.3 is 24.8 Å². The summed E-state index contributed by atoms with van der Waals surface area (Å²) in [5.74, 6) is 2.82. The van der Waals surface area contributed by atoms with Crippen LogP contribution in [0, 0.1) is 5.92 Å². The second-order valence-corrected chi connectivity index (χ2v) is 7.37. The largest absolute Gasteiger partial charge is 0.493 e. The third kappa shape index (κ3) is 6.87. The van der Waals surface area contributed by atoms with Gasteiger partial charge in [0.25, 0.3) is 0 Å². The smallest absolute Gasteiger partial charge is 0.191 e. The number of nitrogens with zero attached hydrogens (tertiary/aromatic N) is 2. The zero-order valence-electron chi connectivity index (χ0n) is 17.9. The van der Waals surface area contributed by atoms with Crippen molar-refractivity contribution in [1.82, 2.24) is 15.5 Å². The monoisotopic (exact) mass is 392 g/mol. The van der Waals surface area contributed by atoms with Crippen LogP contribution in [-0.4, -0.2) is 76.6 Å². The van der Waals surface area contributed by atoms with E-state index in [9.17, 15) is 0 Å². The number of ether oxygens (including phenoxy) is 3. The van der Waals surface area contributed by atoms with E-state index in [0.29, 0.717) is 18.5 Å². The second kappa shape index (κ2) is 11.8. The van der Waals surface area contributed by atoms with Gasteiger partial charge in [0.05, 0.1) is 26.9 Å². The first-order valence-corrected chi connectivity index (χ1v) is 10.1. The SMILES string of the molecule is CN=C(NCC(C)Oc1ccccc1OC)NCC(C(C)C)N1CCOCC1. The van der Waals surface area contributed by atoms with Crippen molar-refractivity contribution < 1.29 is 14.2 Å². The summed E-state index contributed by atoms with van der Waals surface area (Å²) in [6, 6.07) is 8.13. The van der Waals surface area contributed by atoms with Gasteiger partial charge in [0.15, 0.2) is 17.5 Å². The van der Waals surface area contributed by atoms with Crippen LogP contribution in [0.5, 0.6) is 11.5 Å². The van der Waals surface area contributed by atoms with Gasteiger partial charge in [0, 0.05) is 32.7 Å². The number of hydrogen-bond acceptors (Lipinski definition) is 5. The standard InChI is InChI=1S/C21H36N4O3/c1-16(2)18(25-10-12-27-13-11-25)15-24-21(22-4)23-14-17(3)28-20-9-7-6-8-19(20)26-5/h6-9,16-18H,10-15H2,1-5H3,(H2,22,23,24). The first kappa shape index (κ1) is 22.3. The fourth-order valence-electron chi connectivity index (χ4n) is 3.33. The van der Waals surface area contributed by atoms with E-state index in [0.717, 1.165) is 50.3 Å². The Morgan fingerprint density at radius 1 is 1.11 bits per heavy atom. The molecule has 0 amide bonds. The zero-order chi connectivity index (χ0) is 20.4. The molecule has 0 radical (unpaired) electrons. The molecule has 158 valence electrons. The summed E-state index contributed by atoms with van der Waals surface area (Å²) in [6.45, 7) is 11.6. The molecule has 7 heteroatoms. The molecule has 1 heterocycles. The number of guanidine groups is 1. The summed E-state index contributed by atoms with van der Waals surface area (Å²) >= 11 is 0. The van der Waals surface area contributed by atoms with Crippen molar-refractivity contribution in [2.24, 2.45) is 10.9 Å². The fourth-order valence-corrected chi connectivity index (χ4v) is 3.33. The average molecular weight is 393 g/mol. The van der Waals surface area contributed by atoms with Crippen LogP contribution in [0.2, 0.25) is 0 Å². The molecule has 1 aromatic carbocycles. The lowest BCUT2D eigenvalue weighted by atomic mass is 10.0. The second-order valence-electron chi connectivity index (χ2n) is 7.37. The number of aliphatic imine (C=N–C) groups is 1. The summed E-state index contributed by atoms with van der Waals surface area (Å²) in [5.41, 5.74) is 0. The molecule has 1 fully saturated rings. The molecule has 1 saturated heterocycles. The summed E-state index contributed by atoms with van der Waals surface area (Å²) in [7, 11) is 3.44. The minimum absolute atomic E-state index is 0.0324. The van der Waals surface area contributed by atoms with Gasteiger partial charge in [0.2, 0.25) is 0 Å². The lowest BCUT2D eigenvalue weighted by Gasteiger charge is -2.37. The third-order valence-corrected chi connectivity index (χ3v) is 4.94. The van der Waals surface area contributed by atoms with E-state index in [1.165, 1.54) is 0 Å². The Balaban J connectivity index is 1.81. The van der Waals surface area contributed by atoms with E-state index in [4.69, 9.17) is 14.2 Å². The molecule has 1 aromatic rings. The number of hydrogen-bond donors (Lipinski definition) is 2. The Morgan fingerprint density at radius 3 is 2.36 bits per heavy atom. The maximum Gasteiger partial charge on any atom is 0.191 e. The van der Waals surface area contributed by atoms with E-state index in [2.05, 4.69) is 34.4 Å². The first-order valence-electron chi connectivity index (χ1n) is 10.1. The fraction of sp³-hybridized carbons (Fsp3) is 0.667. The molecule has 2 N–H and O–H groups in total. The Bertz CT molecular complexity index is 603. The number of methoxy groups -OCH3 is 1. The molecule has 1 aliphatic heterocycles. The molecule has 0 spiro atoms. The molecular weight excluding hydrogens is 356 g/mol. The minimum atomic E-state index is -0.0324. The Morgan fingerprint density at radius 2 is 1.75 bits per heavy atom. The van der Waals surface area contributed by atoms with E-state index < -0.39 is 0 Å². The summed E-state index contributed by atoms with van der Waals surface area (Å²) in [5, 5.41) is 6.82. The van der Waals surface area contributed by atoms with Gasteiger partial charge in [-0.1, -0.05) is 26.0 Å². The Kier molecular flexibility index (Phi) is 9.37. The average Bonchev–Trinajstić information content (AvgIpc) is 2.71. The van der Waals surface area contributed by atoms with E-state index in [-0.39, 0.29) is 6.10 Å². The van der Waals surface area contributed by atoms with Crippen molar-refractivity contribution in [1.29, 1.82) is 0 Å². The molecule has 28 heavy (non-hydrogen) atoms. The van der Waals surface area contributed by atoms with E-state index in [1.54, 1.807) is 14.2 Å². The van der Waals surface area contributed by atoms with Crippen molar-refractivity contribution in [2.75, 3.05) is 53.6 Å². The maximum atomic E-state index is 6.00. The lowest BCUT2D eigenvalue weighted by molar-refractivity contribution is 0.00751. The molecule has 2 unspecified atom stereocenters. The van der Waals surface area contributed by atoms with E-state index >= 15 is 0 Å². The lowest BCUT2D eigenvalue weighted by Crippen LogP contribution is -2.53. The highest BCUT2D eigenvalue weighted by molar-refractivity contribution is 5.79. The summed E-state index contributed by atoms with van der Waals surface area (Å²) in [6.07, 6.45) is -0.0324. The van der Waals surface area contributed by atoms with Crippen LogP contribution < -0.4 is 20.1 Å². The van der Waals surface area contributed by atoms with Crippen molar-refractivity contribution in [3.8, 4) is 11.5 Å². The molecule has 2 atom stereocenters. The number of rotatable bonds is 9. The van der Waals surface area contributed by atoms with Crippen molar-refractivity contribution in [3.63, 3.8) is 0 Å². The molecule has 2 rings (SSSR count). The van der Waals surface area contributed by atoms with Gasteiger partial charge in [-0.15, -0.1) is 0 Å². The van der Waals surface area contributed by atoms with Crippen molar-refractivity contribution >= 4 is 5.96 Å². The van der Waals surface area contributed by atoms with Crippen molar-refractivity contribution in [3.05, 3.63) is 24.3 Å². The maximum absolute atomic E-state index is 6.00. The van der Waals surface area contributed by atoms with Gasteiger partial charge in [-0.3, -0.25) is 9.89 Å². The van der Waals surface area contributed by atoms with Crippen LogP contribution in [0.25, 0.3) is 0 Å². The van der Waals surface area contributed by atoms with Crippen LogP contribution >= 0.6 is 0 Å². The van der Waals surface area contributed by atoms with Gasteiger partial charge in [-0.2, -0.15) is 0 Å². The van der Waals surface area contributed by atoms with Crippen LogP contribution in [0.3, 0.4) is 0 Å². The molecular formula is C21H36N4O3. The molecule has 0 aromatic heterocycles. The number of nitrogens with one attached hydrogen (secondary N) is 2. The number of benzene rings is 1. The highest BCUT2D eigenvalue weighted by Gasteiger charge is 2.24. The molecule has 0 saturated carbocycles. The van der Waals surface area contributed by atoms with Crippen LogP contribution in [0.1, 0.15) is 20.8 Å². The summed E-state index contributed by atoms with van der Waals surface area (Å²) < 4.78 is 16.8. The van der Waals surface area contributed by atoms with Gasteiger partial charge >= 0.3 is 0 Å². The van der Waals surface area contributed by atoms with Gasteiger partial charge in [-0.25, -0.2) is 0 Å². The van der Waals surface area contributed by atoms with Crippen LogP contribution in [-0.2, 0) is 4.74 Å². The molecule has 0 bridgehead atoms. The topological polar surface area (TPSA) is 67.4 Å². The zero-order valence-corrected chi connectivity index (χ0v) is 17.9. The predicted octanol–water partition coefficient (Wildman–Crippen LogP) is 1.98. The quantitative estimate of drug-likeness (QED) is 0.495. The van der Waals surface area contributed by atoms with Gasteiger partial charge in [0.1, 0.15) is 6.10 Å². The Hall–Kier alpha value is -1.99. The summed E-state index contributed by atoms with van der Waals surface area (Å²) in [4.78, 5) is 6.85. The minimum Gasteiger partial charge on any atom is -0.493 e. The third-order valence-electron chi connectivity index (χ3n) is 4.94. The molecule has 0 aliphatic carbocycles.